The van der Waals surface area contributed by atoms with E-state index in [2.05, 4.69) is 10.3 Å². The zero-order valence-corrected chi connectivity index (χ0v) is 16.0. The number of amides is 1. The van der Waals surface area contributed by atoms with Gasteiger partial charge in [-0.15, -0.1) is 0 Å². The summed E-state index contributed by atoms with van der Waals surface area (Å²) in [6, 6.07) is 11.3. The first-order valence-corrected chi connectivity index (χ1v) is 9.17. The third kappa shape index (κ3) is 4.29. The SMILES string of the molecule is CCOCCCn1c(NC(=O)c2ccc([N+](=O)[O-])cc2Cl)nc2ccccc21. The van der Waals surface area contributed by atoms with Crippen molar-refractivity contribution in [2.75, 3.05) is 18.5 Å². The van der Waals surface area contributed by atoms with Gasteiger partial charge in [0.05, 0.1) is 26.5 Å². The first kappa shape index (κ1) is 19.8. The molecule has 0 spiro atoms. The van der Waals surface area contributed by atoms with Crippen LogP contribution >= 0.6 is 11.6 Å². The van der Waals surface area contributed by atoms with Gasteiger partial charge >= 0.3 is 0 Å². The molecule has 0 saturated carbocycles. The summed E-state index contributed by atoms with van der Waals surface area (Å²) in [5.41, 5.74) is 1.61. The lowest BCUT2D eigenvalue weighted by atomic mass is 10.2. The molecule has 1 aromatic heterocycles. The summed E-state index contributed by atoms with van der Waals surface area (Å²) in [6.45, 7) is 3.80. The van der Waals surface area contributed by atoms with Gasteiger partial charge in [-0.2, -0.15) is 0 Å². The Morgan fingerprint density at radius 3 is 2.82 bits per heavy atom. The van der Waals surface area contributed by atoms with E-state index in [0.29, 0.717) is 25.7 Å². The number of nitrogens with zero attached hydrogens (tertiary/aromatic N) is 3. The van der Waals surface area contributed by atoms with Crippen LogP contribution in [0.3, 0.4) is 0 Å². The Labute approximate surface area is 166 Å². The molecule has 2 aromatic carbocycles. The highest BCUT2D eigenvalue weighted by Crippen LogP contribution is 2.25. The van der Waals surface area contributed by atoms with E-state index in [1.165, 1.54) is 12.1 Å². The summed E-state index contributed by atoms with van der Waals surface area (Å²) in [5, 5.41) is 13.6. The van der Waals surface area contributed by atoms with Crippen LogP contribution in [0.2, 0.25) is 5.02 Å². The second-order valence-electron chi connectivity index (χ2n) is 6.00. The topological polar surface area (TPSA) is 99.3 Å². The molecule has 28 heavy (non-hydrogen) atoms. The molecule has 0 unspecified atom stereocenters. The Hall–Kier alpha value is -2.97. The third-order valence-corrected chi connectivity index (χ3v) is 4.48. The standard InChI is InChI=1S/C19H19ClN4O4/c1-2-28-11-5-10-23-17-7-4-3-6-16(17)21-19(23)22-18(25)14-9-8-13(24(26)27)12-15(14)20/h3-4,6-9,12H,2,5,10-11H2,1H3,(H,21,22,25). The molecular weight excluding hydrogens is 384 g/mol. The van der Waals surface area contributed by atoms with Gasteiger partial charge in [0.2, 0.25) is 5.95 Å². The summed E-state index contributed by atoms with van der Waals surface area (Å²) < 4.78 is 7.30. The van der Waals surface area contributed by atoms with Gasteiger partial charge in [-0.25, -0.2) is 4.98 Å². The number of aryl methyl sites for hydroxylation is 1. The molecule has 3 aromatic rings. The van der Waals surface area contributed by atoms with Crippen molar-refractivity contribution in [2.24, 2.45) is 0 Å². The van der Waals surface area contributed by atoms with Crippen LogP contribution in [0.5, 0.6) is 0 Å². The Bertz CT molecular complexity index is 1020. The predicted molar refractivity (Wildman–Crippen MR) is 107 cm³/mol. The molecule has 0 aliphatic heterocycles. The average molecular weight is 403 g/mol. The zero-order valence-electron chi connectivity index (χ0n) is 15.2. The average Bonchev–Trinajstić information content (AvgIpc) is 3.02. The highest BCUT2D eigenvalue weighted by Gasteiger charge is 2.18. The highest BCUT2D eigenvalue weighted by molar-refractivity contribution is 6.34. The predicted octanol–water partition coefficient (Wildman–Crippen LogP) is 4.28. The molecular formula is C19H19ClN4O4. The van der Waals surface area contributed by atoms with E-state index in [1.807, 2.05) is 35.8 Å². The third-order valence-electron chi connectivity index (χ3n) is 4.16. The molecule has 0 aliphatic rings. The molecule has 3 rings (SSSR count). The van der Waals surface area contributed by atoms with Crippen LogP contribution in [0.15, 0.2) is 42.5 Å². The maximum Gasteiger partial charge on any atom is 0.270 e. The zero-order chi connectivity index (χ0) is 20.1. The normalized spacial score (nSPS) is 10.9. The Balaban J connectivity index is 1.86. The lowest BCUT2D eigenvalue weighted by Gasteiger charge is -2.11. The Kier molecular flexibility index (Phi) is 6.23. The van der Waals surface area contributed by atoms with E-state index < -0.39 is 10.8 Å². The quantitative estimate of drug-likeness (QED) is 0.344. The molecule has 0 fully saturated rings. The van der Waals surface area contributed by atoms with Gasteiger partial charge in [-0.1, -0.05) is 23.7 Å². The smallest absolute Gasteiger partial charge is 0.270 e. The molecule has 9 heteroatoms. The molecule has 0 aliphatic carbocycles. The second kappa shape index (κ2) is 8.81. The lowest BCUT2D eigenvalue weighted by Crippen LogP contribution is -2.17. The molecule has 0 bridgehead atoms. The van der Waals surface area contributed by atoms with Crippen molar-refractivity contribution < 1.29 is 14.5 Å². The van der Waals surface area contributed by atoms with Crippen LogP contribution in [-0.2, 0) is 11.3 Å². The number of non-ortho nitro benzene ring substituents is 1. The van der Waals surface area contributed by atoms with E-state index in [0.717, 1.165) is 23.5 Å². The number of anilines is 1. The fraction of sp³-hybridized carbons (Fsp3) is 0.263. The summed E-state index contributed by atoms with van der Waals surface area (Å²) in [4.78, 5) is 27.4. The number of halogens is 1. The van der Waals surface area contributed by atoms with Crippen molar-refractivity contribution in [3.05, 3.63) is 63.2 Å². The minimum Gasteiger partial charge on any atom is -0.382 e. The van der Waals surface area contributed by atoms with E-state index in [1.54, 1.807) is 0 Å². The van der Waals surface area contributed by atoms with Crippen molar-refractivity contribution in [3.8, 4) is 0 Å². The van der Waals surface area contributed by atoms with E-state index in [-0.39, 0.29) is 16.3 Å². The van der Waals surface area contributed by atoms with Crippen LogP contribution in [0.25, 0.3) is 11.0 Å². The van der Waals surface area contributed by atoms with Crippen LogP contribution in [-0.4, -0.2) is 33.6 Å². The molecule has 8 nitrogen and oxygen atoms in total. The number of hydrogen-bond donors (Lipinski definition) is 1. The molecule has 1 heterocycles. The number of benzene rings is 2. The fourth-order valence-corrected chi connectivity index (χ4v) is 3.10. The second-order valence-corrected chi connectivity index (χ2v) is 6.41. The maximum absolute atomic E-state index is 12.7. The van der Waals surface area contributed by atoms with Gasteiger partial charge in [-0.3, -0.25) is 20.2 Å². The number of nitro benzene ring substituents is 1. The van der Waals surface area contributed by atoms with Crippen molar-refractivity contribution in [3.63, 3.8) is 0 Å². The minimum atomic E-state index is -0.564. The molecule has 0 radical (unpaired) electrons. The van der Waals surface area contributed by atoms with Crippen LogP contribution in [0, 0.1) is 10.1 Å². The summed E-state index contributed by atoms with van der Waals surface area (Å²) in [7, 11) is 0. The van der Waals surface area contributed by atoms with Gasteiger partial charge in [0.25, 0.3) is 11.6 Å². The van der Waals surface area contributed by atoms with Gasteiger partial charge < -0.3 is 9.30 Å². The number of imidazole rings is 1. The number of nitro groups is 1. The monoisotopic (exact) mass is 402 g/mol. The first-order chi connectivity index (χ1) is 13.5. The molecule has 1 amide bonds. The number of para-hydroxylation sites is 2. The van der Waals surface area contributed by atoms with Crippen LogP contribution in [0.1, 0.15) is 23.7 Å². The lowest BCUT2D eigenvalue weighted by molar-refractivity contribution is -0.384. The van der Waals surface area contributed by atoms with Crippen molar-refractivity contribution in [2.45, 2.75) is 19.9 Å². The number of fused-ring (bicyclic) bond motifs is 1. The van der Waals surface area contributed by atoms with E-state index in [4.69, 9.17) is 16.3 Å². The van der Waals surface area contributed by atoms with Crippen molar-refractivity contribution in [1.29, 1.82) is 0 Å². The van der Waals surface area contributed by atoms with E-state index in [9.17, 15) is 14.9 Å². The van der Waals surface area contributed by atoms with Crippen molar-refractivity contribution in [1.82, 2.24) is 9.55 Å². The Morgan fingerprint density at radius 1 is 1.32 bits per heavy atom. The number of aromatic nitrogens is 2. The maximum atomic E-state index is 12.7. The molecule has 1 N–H and O–H groups in total. The summed E-state index contributed by atoms with van der Waals surface area (Å²) in [6.07, 6.45) is 0.759. The highest BCUT2D eigenvalue weighted by atomic mass is 35.5. The molecule has 0 saturated heterocycles. The van der Waals surface area contributed by atoms with Crippen molar-refractivity contribution >= 4 is 40.2 Å². The van der Waals surface area contributed by atoms with Gasteiger partial charge in [-0.05, 0) is 31.5 Å². The summed E-state index contributed by atoms with van der Waals surface area (Å²) in [5.74, 6) is -0.0987. The number of nitrogens with one attached hydrogen (secondary N) is 1. The summed E-state index contributed by atoms with van der Waals surface area (Å²) >= 11 is 6.06. The van der Waals surface area contributed by atoms with Gasteiger partial charge in [0.15, 0.2) is 0 Å². The largest absolute Gasteiger partial charge is 0.382 e. The van der Waals surface area contributed by atoms with Gasteiger partial charge in [0, 0.05) is 31.9 Å². The van der Waals surface area contributed by atoms with Crippen LogP contribution < -0.4 is 5.32 Å². The number of carbonyl (C=O) groups excluding carboxylic acids is 1. The number of carbonyl (C=O) groups is 1. The first-order valence-electron chi connectivity index (χ1n) is 8.79. The van der Waals surface area contributed by atoms with Gasteiger partial charge in [0.1, 0.15) is 0 Å². The fourth-order valence-electron chi connectivity index (χ4n) is 2.84. The number of hydrogen-bond acceptors (Lipinski definition) is 5. The number of ether oxygens (including phenoxy) is 1. The van der Waals surface area contributed by atoms with E-state index >= 15 is 0 Å². The molecule has 0 atom stereocenters. The Morgan fingerprint density at radius 2 is 2.11 bits per heavy atom. The molecule has 146 valence electrons. The number of rotatable bonds is 8. The van der Waals surface area contributed by atoms with Crippen LogP contribution in [0.4, 0.5) is 11.6 Å². The minimum absolute atomic E-state index is 0.00528.